The van der Waals surface area contributed by atoms with E-state index in [1.54, 1.807) is 12.3 Å². The molecule has 0 amide bonds. The monoisotopic (exact) mass is 542 g/mol. The lowest BCUT2D eigenvalue weighted by Crippen LogP contribution is -2.20. The molecule has 0 saturated carbocycles. The summed E-state index contributed by atoms with van der Waals surface area (Å²) in [4.78, 5) is 21.8. The highest BCUT2D eigenvalue weighted by atomic mass is 79.9. The predicted octanol–water partition coefficient (Wildman–Crippen LogP) is 7.02. The highest BCUT2D eigenvalue weighted by Gasteiger charge is 2.18. The highest BCUT2D eigenvalue weighted by molar-refractivity contribution is 9.10. The molecule has 0 atom stereocenters. The molecule has 0 bridgehead atoms. The molecule has 0 spiro atoms. The molecule has 36 heavy (non-hydrogen) atoms. The Morgan fingerprint density at radius 1 is 1.14 bits per heavy atom. The second kappa shape index (κ2) is 9.74. The van der Waals surface area contributed by atoms with Crippen LogP contribution >= 0.6 is 15.9 Å². The molecule has 0 aliphatic rings. The maximum Gasteiger partial charge on any atom is 0.282 e. The number of ether oxygens (including phenoxy) is 1. The van der Waals surface area contributed by atoms with Crippen molar-refractivity contribution in [3.05, 3.63) is 92.3 Å². The average molecular weight is 543 g/mol. The van der Waals surface area contributed by atoms with Crippen LogP contribution in [0.3, 0.4) is 0 Å². The Labute approximate surface area is 217 Å². The molecule has 182 valence electrons. The van der Waals surface area contributed by atoms with Gasteiger partial charge in [-0.1, -0.05) is 41.9 Å². The lowest BCUT2D eigenvalue weighted by molar-refractivity contribution is 0.335. The minimum absolute atomic E-state index is 0.216. The molecule has 0 saturated heterocycles. The van der Waals surface area contributed by atoms with Crippen LogP contribution in [0.4, 0.5) is 0 Å². The molecule has 0 radical (unpaired) electrons. The number of nitrogens with one attached hydrogen (secondary N) is 1. The van der Waals surface area contributed by atoms with Gasteiger partial charge in [-0.25, -0.2) is 4.98 Å². The van der Waals surface area contributed by atoms with Crippen LogP contribution in [-0.2, 0) is 0 Å². The first kappa shape index (κ1) is 24.0. The first-order chi connectivity index (χ1) is 17.4. The zero-order chi connectivity index (χ0) is 25.4. The number of aromatic amines is 1. The van der Waals surface area contributed by atoms with Crippen LogP contribution in [0.2, 0.25) is 0 Å². The average Bonchev–Trinajstić information content (AvgIpc) is 3.25. The maximum atomic E-state index is 13.7. The first-order valence-corrected chi connectivity index (χ1v) is 12.8. The van der Waals surface area contributed by atoms with Crippen molar-refractivity contribution in [3.8, 4) is 17.1 Å². The third-order valence-electron chi connectivity index (χ3n) is 6.26. The van der Waals surface area contributed by atoms with Gasteiger partial charge < -0.3 is 9.72 Å². The summed E-state index contributed by atoms with van der Waals surface area (Å²) in [6.45, 7) is 8.83. The second-order valence-electron chi connectivity index (χ2n) is 9.04. The molecule has 5 aromatic rings. The number of hydrogen-bond donors (Lipinski definition) is 1. The van der Waals surface area contributed by atoms with Crippen molar-refractivity contribution in [2.24, 2.45) is 5.10 Å². The Kier molecular flexibility index (Phi) is 6.49. The van der Waals surface area contributed by atoms with Gasteiger partial charge in [-0.15, -0.1) is 0 Å². The molecular weight excluding hydrogens is 516 g/mol. The van der Waals surface area contributed by atoms with Gasteiger partial charge in [0.25, 0.3) is 5.56 Å². The Balaban J connectivity index is 1.75. The quantitative estimate of drug-likeness (QED) is 0.234. The number of aryl methyl sites for hydroxylation is 1. The second-order valence-corrected chi connectivity index (χ2v) is 9.96. The fraction of sp³-hybridized carbons (Fsp3) is 0.207. The summed E-state index contributed by atoms with van der Waals surface area (Å²) in [6.07, 6.45) is 3.60. The standard InChI is InChI=1S/C29H27BrN4O2/c1-5-36-27-12-18(4)23(14-22(27)17(2)3)28-33-26-9-7-6-8-21(26)29(35)34(28)32-16-19-15-31-25-11-10-20(30)13-24(19)25/h6-17,31H,5H2,1-4H3. The van der Waals surface area contributed by atoms with E-state index < -0.39 is 0 Å². The third-order valence-corrected chi connectivity index (χ3v) is 6.75. The topological polar surface area (TPSA) is 72.3 Å². The summed E-state index contributed by atoms with van der Waals surface area (Å²) >= 11 is 3.54. The fourth-order valence-electron chi connectivity index (χ4n) is 4.42. The number of benzene rings is 3. The summed E-state index contributed by atoms with van der Waals surface area (Å²) in [6, 6.07) is 17.5. The van der Waals surface area contributed by atoms with E-state index in [0.29, 0.717) is 23.3 Å². The van der Waals surface area contributed by atoms with Crippen molar-refractivity contribution < 1.29 is 4.74 Å². The first-order valence-electron chi connectivity index (χ1n) is 12.0. The SMILES string of the molecule is CCOc1cc(C)c(-c2nc3ccccc3c(=O)n2N=Cc2c[nH]c3ccc(Br)cc23)cc1C(C)C. The van der Waals surface area contributed by atoms with Crippen molar-refractivity contribution in [1.82, 2.24) is 14.6 Å². The number of fused-ring (bicyclic) bond motifs is 2. The lowest BCUT2D eigenvalue weighted by Gasteiger charge is -2.18. The molecule has 0 fully saturated rings. The van der Waals surface area contributed by atoms with E-state index >= 15 is 0 Å². The maximum absolute atomic E-state index is 13.7. The number of nitrogens with zero attached hydrogens (tertiary/aromatic N) is 3. The van der Waals surface area contributed by atoms with E-state index in [2.05, 4.69) is 45.9 Å². The van der Waals surface area contributed by atoms with Gasteiger partial charge in [0.15, 0.2) is 5.82 Å². The number of halogens is 1. The number of para-hydroxylation sites is 1. The molecule has 1 N–H and O–H groups in total. The minimum Gasteiger partial charge on any atom is -0.494 e. The summed E-state index contributed by atoms with van der Waals surface area (Å²) < 4.78 is 8.30. The summed E-state index contributed by atoms with van der Waals surface area (Å²) in [7, 11) is 0. The lowest BCUT2D eigenvalue weighted by atomic mass is 9.96. The summed E-state index contributed by atoms with van der Waals surface area (Å²) in [5.41, 5.74) is 5.17. The van der Waals surface area contributed by atoms with Crippen LogP contribution in [0.1, 0.15) is 43.4 Å². The molecule has 3 aromatic carbocycles. The molecule has 0 aliphatic carbocycles. The van der Waals surface area contributed by atoms with Gasteiger partial charge in [0.2, 0.25) is 0 Å². The van der Waals surface area contributed by atoms with Crippen molar-refractivity contribution in [1.29, 1.82) is 0 Å². The van der Waals surface area contributed by atoms with Gasteiger partial charge in [-0.05, 0) is 73.4 Å². The van der Waals surface area contributed by atoms with Crippen LogP contribution in [0, 0.1) is 6.92 Å². The molecule has 5 rings (SSSR count). The number of aromatic nitrogens is 3. The van der Waals surface area contributed by atoms with Gasteiger partial charge in [0, 0.05) is 32.7 Å². The van der Waals surface area contributed by atoms with E-state index in [9.17, 15) is 4.79 Å². The van der Waals surface area contributed by atoms with E-state index in [-0.39, 0.29) is 11.5 Å². The van der Waals surface area contributed by atoms with Crippen molar-refractivity contribution in [3.63, 3.8) is 0 Å². The third kappa shape index (κ3) is 4.35. The number of rotatable bonds is 6. The van der Waals surface area contributed by atoms with Crippen LogP contribution in [0.25, 0.3) is 33.2 Å². The van der Waals surface area contributed by atoms with Crippen LogP contribution in [0.15, 0.2) is 75.2 Å². The van der Waals surface area contributed by atoms with E-state index in [0.717, 1.165) is 43.4 Å². The van der Waals surface area contributed by atoms with E-state index in [1.807, 2.05) is 62.5 Å². The largest absolute Gasteiger partial charge is 0.494 e. The van der Waals surface area contributed by atoms with Crippen molar-refractivity contribution in [2.75, 3.05) is 6.61 Å². The van der Waals surface area contributed by atoms with Gasteiger partial charge in [-0.3, -0.25) is 4.79 Å². The van der Waals surface area contributed by atoms with Crippen LogP contribution in [0.5, 0.6) is 5.75 Å². The van der Waals surface area contributed by atoms with E-state index in [1.165, 1.54) is 4.68 Å². The molecule has 0 aliphatic heterocycles. The molecule has 7 heteroatoms. The fourth-order valence-corrected chi connectivity index (χ4v) is 4.78. The Hall–Kier alpha value is -3.71. The van der Waals surface area contributed by atoms with Crippen LogP contribution < -0.4 is 10.3 Å². The normalized spacial score (nSPS) is 11.8. The van der Waals surface area contributed by atoms with Crippen LogP contribution in [-0.4, -0.2) is 27.5 Å². The highest BCUT2D eigenvalue weighted by Crippen LogP contribution is 2.34. The van der Waals surface area contributed by atoms with E-state index in [4.69, 9.17) is 9.72 Å². The molecule has 0 unspecified atom stereocenters. The summed E-state index contributed by atoms with van der Waals surface area (Å²) in [5.74, 6) is 1.59. The van der Waals surface area contributed by atoms with Gasteiger partial charge in [-0.2, -0.15) is 9.78 Å². The minimum atomic E-state index is -0.216. The zero-order valence-corrected chi connectivity index (χ0v) is 22.3. The van der Waals surface area contributed by atoms with Gasteiger partial charge in [0.1, 0.15) is 5.75 Å². The molecule has 2 heterocycles. The Morgan fingerprint density at radius 3 is 2.72 bits per heavy atom. The molecule has 6 nitrogen and oxygen atoms in total. The molecular formula is C29H27BrN4O2. The Morgan fingerprint density at radius 2 is 1.94 bits per heavy atom. The van der Waals surface area contributed by atoms with Gasteiger partial charge >= 0.3 is 0 Å². The number of hydrogen-bond acceptors (Lipinski definition) is 4. The molecule has 2 aromatic heterocycles. The van der Waals surface area contributed by atoms with Gasteiger partial charge in [0.05, 0.1) is 23.7 Å². The summed E-state index contributed by atoms with van der Waals surface area (Å²) in [5, 5.41) is 6.21. The Bertz CT molecular complexity index is 1680. The zero-order valence-electron chi connectivity index (χ0n) is 20.7. The number of H-pyrrole nitrogens is 1. The van der Waals surface area contributed by atoms with Crippen molar-refractivity contribution >= 4 is 44.0 Å². The predicted molar refractivity (Wildman–Crippen MR) is 150 cm³/mol. The van der Waals surface area contributed by atoms with Crippen molar-refractivity contribution in [2.45, 2.75) is 33.6 Å². The smallest absolute Gasteiger partial charge is 0.282 e.